The molecule has 1 aromatic carbocycles. The molecule has 0 atom stereocenters. The van der Waals surface area contributed by atoms with Crippen molar-refractivity contribution in [2.75, 3.05) is 12.4 Å². The first-order valence-corrected chi connectivity index (χ1v) is 8.21. The summed E-state index contributed by atoms with van der Waals surface area (Å²) >= 11 is 0. The van der Waals surface area contributed by atoms with Gasteiger partial charge in [0, 0.05) is 24.8 Å². The fourth-order valence-electron chi connectivity index (χ4n) is 2.97. The monoisotopic (exact) mass is 301 g/mol. The Labute approximate surface area is 133 Å². The number of benzene rings is 1. The maximum Gasteiger partial charge on any atom is 0.160 e. The van der Waals surface area contributed by atoms with Crippen molar-refractivity contribution < 1.29 is 9.53 Å². The molecule has 1 N–H and O–H groups in total. The fourth-order valence-corrected chi connectivity index (χ4v) is 2.97. The van der Waals surface area contributed by atoms with Crippen LogP contribution in [0.25, 0.3) is 0 Å². The van der Waals surface area contributed by atoms with E-state index in [1.165, 1.54) is 6.42 Å². The van der Waals surface area contributed by atoms with Crippen molar-refractivity contribution >= 4 is 11.5 Å². The van der Waals surface area contributed by atoms with E-state index in [-0.39, 0.29) is 17.3 Å². The summed E-state index contributed by atoms with van der Waals surface area (Å²) in [5.41, 5.74) is 1.53. The highest BCUT2D eigenvalue weighted by atomic mass is 16.5. The van der Waals surface area contributed by atoms with Gasteiger partial charge < -0.3 is 10.1 Å². The standard InChI is InChI=1S/C19H27NO2/c1-15(2)17(21)14-18(20-16-10-6-4-7-11-16)19(22-3)12-8-5-9-13-19/h4,6-7,10-11,14-15,20H,5,8-9,12-13H2,1-3H3/b18-14+. The van der Waals surface area contributed by atoms with Crippen LogP contribution in [0.3, 0.4) is 0 Å². The van der Waals surface area contributed by atoms with Crippen LogP contribution in [0.2, 0.25) is 0 Å². The molecule has 0 radical (unpaired) electrons. The molecule has 1 aliphatic rings. The third kappa shape index (κ3) is 3.98. The molecule has 0 aliphatic heterocycles. The number of allylic oxidation sites excluding steroid dienone is 1. The SMILES string of the molecule is COC1(/C(=C\C(=O)C(C)C)Nc2ccccc2)CCCCC1. The Hall–Kier alpha value is -1.61. The number of ketones is 1. The van der Waals surface area contributed by atoms with Gasteiger partial charge in [-0.1, -0.05) is 51.3 Å². The molecule has 120 valence electrons. The first kappa shape index (κ1) is 16.8. The lowest BCUT2D eigenvalue weighted by Gasteiger charge is -2.38. The van der Waals surface area contributed by atoms with Gasteiger partial charge in [-0.25, -0.2) is 0 Å². The third-order valence-electron chi connectivity index (χ3n) is 4.45. The van der Waals surface area contributed by atoms with Crippen LogP contribution >= 0.6 is 0 Å². The minimum Gasteiger partial charge on any atom is -0.372 e. The minimum atomic E-state index is -0.362. The van der Waals surface area contributed by atoms with Gasteiger partial charge in [-0.3, -0.25) is 4.79 Å². The summed E-state index contributed by atoms with van der Waals surface area (Å²) in [6, 6.07) is 10.00. The number of carbonyl (C=O) groups is 1. The summed E-state index contributed by atoms with van der Waals surface area (Å²) < 4.78 is 5.91. The van der Waals surface area contributed by atoms with Crippen LogP contribution in [0, 0.1) is 5.92 Å². The number of methoxy groups -OCH3 is 1. The zero-order valence-electron chi connectivity index (χ0n) is 13.9. The summed E-state index contributed by atoms with van der Waals surface area (Å²) in [5.74, 6) is 0.130. The summed E-state index contributed by atoms with van der Waals surface area (Å²) in [7, 11) is 1.76. The van der Waals surface area contributed by atoms with Gasteiger partial charge in [0.2, 0.25) is 0 Å². The third-order valence-corrected chi connectivity index (χ3v) is 4.45. The van der Waals surface area contributed by atoms with Gasteiger partial charge in [0.25, 0.3) is 0 Å². The summed E-state index contributed by atoms with van der Waals surface area (Å²) in [6.07, 6.45) is 7.18. The molecule has 3 nitrogen and oxygen atoms in total. The number of hydrogen-bond donors (Lipinski definition) is 1. The van der Waals surface area contributed by atoms with Gasteiger partial charge in [0.05, 0.1) is 5.70 Å². The lowest BCUT2D eigenvalue weighted by molar-refractivity contribution is -0.117. The van der Waals surface area contributed by atoms with E-state index in [9.17, 15) is 4.79 Å². The van der Waals surface area contributed by atoms with Gasteiger partial charge in [-0.15, -0.1) is 0 Å². The molecular weight excluding hydrogens is 274 g/mol. The second-order valence-corrected chi connectivity index (χ2v) is 6.37. The van der Waals surface area contributed by atoms with Crippen molar-refractivity contribution in [2.45, 2.75) is 51.6 Å². The summed E-state index contributed by atoms with van der Waals surface area (Å²) in [4.78, 5) is 12.3. The molecule has 1 aliphatic carbocycles. The van der Waals surface area contributed by atoms with Gasteiger partial charge in [-0.2, -0.15) is 0 Å². The Bertz CT molecular complexity index is 513. The number of nitrogens with one attached hydrogen (secondary N) is 1. The van der Waals surface area contributed by atoms with Crippen molar-refractivity contribution in [3.8, 4) is 0 Å². The molecule has 0 spiro atoms. The smallest absolute Gasteiger partial charge is 0.160 e. The molecule has 1 aromatic rings. The Morgan fingerprint density at radius 1 is 1.18 bits per heavy atom. The Morgan fingerprint density at radius 3 is 2.36 bits per heavy atom. The number of para-hydroxylation sites is 1. The van der Waals surface area contributed by atoms with Gasteiger partial charge in [-0.05, 0) is 25.0 Å². The highest BCUT2D eigenvalue weighted by Crippen LogP contribution is 2.37. The van der Waals surface area contributed by atoms with Crippen molar-refractivity contribution in [3.05, 3.63) is 42.1 Å². The van der Waals surface area contributed by atoms with Crippen molar-refractivity contribution in [1.82, 2.24) is 0 Å². The van der Waals surface area contributed by atoms with E-state index in [4.69, 9.17) is 4.74 Å². The number of hydrogen-bond acceptors (Lipinski definition) is 3. The van der Waals surface area contributed by atoms with Crippen LogP contribution in [0.1, 0.15) is 46.0 Å². The van der Waals surface area contributed by atoms with E-state index in [1.807, 2.05) is 44.2 Å². The van der Waals surface area contributed by atoms with E-state index in [1.54, 1.807) is 13.2 Å². The van der Waals surface area contributed by atoms with Crippen LogP contribution in [-0.2, 0) is 9.53 Å². The highest BCUT2D eigenvalue weighted by molar-refractivity contribution is 5.92. The maximum atomic E-state index is 12.3. The largest absolute Gasteiger partial charge is 0.372 e. The number of ether oxygens (including phenoxy) is 1. The zero-order valence-corrected chi connectivity index (χ0v) is 13.9. The quantitative estimate of drug-likeness (QED) is 0.783. The second-order valence-electron chi connectivity index (χ2n) is 6.37. The normalized spacial score (nSPS) is 18.3. The molecule has 1 fully saturated rings. The Balaban J connectivity index is 2.33. The molecular formula is C19H27NO2. The predicted octanol–water partition coefficient (Wildman–Crippen LogP) is 4.56. The number of anilines is 1. The molecule has 3 heteroatoms. The van der Waals surface area contributed by atoms with E-state index in [2.05, 4.69) is 5.32 Å². The highest BCUT2D eigenvalue weighted by Gasteiger charge is 2.36. The Morgan fingerprint density at radius 2 is 1.82 bits per heavy atom. The molecule has 0 heterocycles. The van der Waals surface area contributed by atoms with Crippen molar-refractivity contribution in [2.24, 2.45) is 5.92 Å². The first-order valence-electron chi connectivity index (χ1n) is 8.21. The molecule has 2 rings (SSSR count). The fraction of sp³-hybridized carbons (Fsp3) is 0.526. The topological polar surface area (TPSA) is 38.3 Å². The molecule has 22 heavy (non-hydrogen) atoms. The van der Waals surface area contributed by atoms with Crippen molar-refractivity contribution in [3.63, 3.8) is 0 Å². The average molecular weight is 301 g/mol. The lowest BCUT2D eigenvalue weighted by Crippen LogP contribution is -2.39. The second kappa shape index (κ2) is 7.59. The molecule has 1 saturated carbocycles. The van der Waals surface area contributed by atoms with Crippen LogP contribution in [0.15, 0.2) is 42.1 Å². The molecule has 0 bridgehead atoms. The molecule has 0 saturated heterocycles. The van der Waals surface area contributed by atoms with E-state index >= 15 is 0 Å². The van der Waals surface area contributed by atoms with Gasteiger partial charge >= 0.3 is 0 Å². The van der Waals surface area contributed by atoms with E-state index in [0.29, 0.717) is 0 Å². The first-order chi connectivity index (χ1) is 10.6. The molecule has 0 unspecified atom stereocenters. The van der Waals surface area contributed by atoms with Crippen LogP contribution in [0.4, 0.5) is 5.69 Å². The molecule has 0 amide bonds. The number of carbonyl (C=O) groups excluding carboxylic acids is 1. The Kier molecular flexibility index (Phi) is 5.78. The summed E-state index contributed by atoms with van der Waals surface area (Å²) in [5, 5.41) is 3.44. The van der Waals surface area contributed by atoms with Gasteiger partial charge in [0.15, 0.2) is 5.78 Å². The van der Waals surface area contributed by atoms with E-state index in [0.717, 1.165) is 37.1 Å². The number of rotatable bonds is 6. The maximum absolute atomic E-state index is 12.3. The van der Waals surface area contributed by atoms with Crippen LogP contribution in [-0.4, -0.2) is 18.5 Å². The van der Waals surface area contributed by atoms with E-state index < -0.39 is 0 Å². The summed E-state index contributed by atoms with van der Waals surface area (Å²) in [6.45, 7) is 3.86. The zero-order chi connectivity index (χ0) is 16.0. The van der Waals surface area contributed by atoms with Gasteiger partial charge in [0.1, 0.15) is 5.60 Å². The predicted molar refractivity (Wildman–Crippen MR) is 90.8 cm³/mol. The van der Waals surface area contributed by atoms with Crippen LogP contribution < -0.4 is 5.32 Å². The minimum absolute atomic E-state index is 0.00919. The lowest BCUT2D eigenvalue weighted by atomic mass is 9.81. The van der Waals surface area contributed by atoms with Crippen LogP contribution in [0.5, 0.6) is 0 Å². The molecule has 0 aromatic heterocycles. The van der Waals surface area contributed by atoms with Crippen molar-refractivity contribution in [1.29, 1.82) is 0 Å². The average Bonchev–Trinajstić information content (AvgIpc) is 2.55.